The number of hydrazone groups is 1. The van der Waals surface area contributed by atoms with Crippen LogP contribution in [0.1, 0.15) is 24.5 Å². The highest BCUT2D eigenvalue weighted by Crippen LogP contribution is 2.31. The Bertz CT molecular complexity index is 1430. The summed E-state index contributed by atoms with van der Waals surface area (Å²) in [6, 6.07) is 16.0. The number of ether oxygens (including phenoxy) is 1. The highest BCUT2D eigenvalue weighted by atomic mass is 32.2. The molecule has 1 N–H and O–H groups in total. The van der Waals surface area contributed by atoms with Gasteiger partial charge in [-0.1, -0.05) is 49.4 Å². The molecule has 0 bridgehead atoms. The maximum atomic E-state index is 12.8. The molecule has 1 amide bonds. The average Bonchev–Trinajstić information content (AvgIpc) is 3.44. The van der Waals surface area contributed by atoms with Crippen molar-refractivity contribution >= 4 is 50.7 Å². The number of rotatable bonds is 8. The van der Waals surface area contributed by atoms with E-state index in [2.05, 4.69) is 21.2 Å². The number of benzene rings is 2. The number of aliphatic imine (C=N–C) groups is 1. The summed E-state index contributed by atoms with van der Waals surface area (Å²) < 4.78 is 8.20. The first-order valence-corrected chi connectivity index (χ1v) is 12.3. The Kier molecular flexibility index (Phi) is 6.37. The topological polar surface area (TPSA) is 83.0 Å². The third kappa shape index (κ3) is 4.44. The van der Waals surface area contributed by atoms with E-state index in [4.69, 9.17) is 10.1 Å². The number of amidine groups is 2. The molecule has 0 unspecified atom stereocenters. The SMILES string of the molecule is C=CCc1ccccc1OCCn1cc(C=C2C(=N)N3N=C(CC)SC3=NC2=O)c2ccccc21. The fourth-order valence-electron chi connectivity index (χ4n) is 4.13. The molecule has 0 spiro atoms. The van der Waals surface area contributed by atoms with E-state index in [1.807, 2.05) is 67.7 Å². The molecule has 0 radical (unpaired) electrons. The Balaban J connectivity index is 1.42. The zero-order valence-electron chi connectivity index (χ0n) is 19.4. The third-order valence-electron chi connectivity index (χ3n) is 5.84. The molecule has 0 aliphatic carbocycles. The maximum Gasteiger partial charge on any atom is 0.283 e. The zero-order chi connectivity index (χ0) is 24.4. The highest BCUT2D eigenvalue weighted by Gasteiger charge is 2.35. The molecule has 3 aromatic rings. The molecule has 0 saturated heterocycles. The Morgan fingerprint density at radius 2 is 1.97 bits per heavy atom. The van der Waals surface area contributed by atoms with Crippen molar-refractivity contribution in [2.24, 2.45) is 10.1 Å². The van der Waals surface area contributed by atoms with Crippen LogP contribution in [0, 0.1) is 5.41 Å². The van der Waals surface area contributed by atoms with Crippen LogP contribution < -0.4 is 4.74 Å². The van der Waals surface area contributed by atoms with Crippen molar-refractivity contribution in [2.45, 2.75) is 26.3 Å². The molecule has 2 aliphatic heterocycles. The lowest BCUT2D eigenvalue weighted by Crippen LogP contribution is -2.35. The van der Waals surface area contributed by atoms with Gasteiger partial charge in [-0.05, 0) is 48.4 Å². The molecule has 1 aromatic heterocycles. The van der Waals surface area contributed by atoms with Crippen molar-refractivity contribution in [2.75, 3.05) is 6.61 Å². The summed E-state index contributed by atoms with van der Waals surface area (Å²) in [7, 11) is 0. The van der Waals surface area contributed by atoms with Crippen molar-refractivity contribution in [1.82, 2.24) is 9.58 Å². The zero-order valence-corrected chi connectivity index (χ0v) is 20.2. The number of para-hydroxylation sites is 2. The van der Waals surface area contributed by atoms with Gasteiger partial charge in [0, 0.05) is 22.7 Å². The number of carbonyl (C=O) groups is 1. The van der Waals surface area contributed by atoms with Crippen LogP contribution in [-0.2, 0) is 17.8 Å². The minimum absolute atomic E-state index is 0.0509. The van der Waals surface area contributed by atoms with Crippen molar-refractivity contribution in [1.29, 1.82) is 5.41 Å². The number of nitrogens with zero attached hydrogens (tertiary/aromatic N) is 4. The predicted octanol–water partition coefficient (Wildman–Crippen LogP) is 5.48. The first-order chi connectivity index (χ1) is 17.1. The van der Waals surface area contributed by atoms with Crippen LogP contribution in [0.5, 0.6) is 5.75 Å². The number of fused-ring (bicyclic) bond motifs is 2. The lowest BCUT2D eigenvalue weighted by molar-refractivity contribution is -0.114. The molecule has 2 aliphatic rings. The van der Waals surface area contributed by atoms with Crippen LogP contribution in [0.15, 0.2) is 83.0 Å². The van der Waals surface area contributed by atoms with Gasteiger partial charge in [-0.25, -0.2) is 0 Å². The molecule has 3 heterocycles. The number of hydrogen-bond donors (Lipinski definition) is 1. The monoisotopic (exact) mass is 483 g/mol. The van der Waals surface area contributed by atoms with E-state index >= 15 is 0 Å². The summed E-state index contributed by atoms with van der Waals surface area (Å²) in [6.07, 6.45) is 7.09. The Morgan fingerprint density at radius 1 is 1.17 bits per heavy atom. The first kappa shape index (κ1) is 22.9. The normalized spacial score (nSPS) is 16.5. The average molecular weight is 484 g/mol. The van der Waals surface area contributed by atoms with Crippen LogP contribution in [-0.4, -0.2) is 38.1 Å². The first-order valence-electron chi connectivity index (χ1n) is 11.5. The van der Waals surface area contributed by atoms with Gasteiger partial charge in [0.2, 0.25) is 5.17 Å². The summed E-state index contributed by atoms with van der Waals surface area (Å²) >= 11 is 1.34. The van der Waals surface area contributed by atoms with E-state index < -0.39 is 5.91 Å². The van der Waals surface area contributed by atoms with Gasteiger partial charge in [-0.15, -0.1) is 6.58 Å². The molecule has 0 atom stereocenters. The van der Waals surface area contributed by atoms with E-state index in [0.717, 1.165) is 45.7 Å². The van der Waals surface area contributed by atoms with E-state index in [-0.39, 0.29) is 11.4 Å². The second kappa shape index (κ2) is 9.76. The lowest BCUT2D eigenvalue weighted by Gasteiger charge is -2.20. The minimum atomic E-state index is -0.416. The van der Waals surface area contributed by atoms with Crippen molar-refractivity contribution in [3.63, 3.8) is 0 Å². The van der Waals surface area contributed by atoms with Gasteiger partial charge in [0.25, 0.3) is 5.91 Å². The van der Waals surface area contributed by atoms with Crippen LogP contribution in [0.25, 0.3) is 17.0 Å². The summed E-state index contributed by atoms with van der Waals surface area (Å²) in [5.74, 6) is 0.492. The molecular formula is C27H25N5O2S. The van der Waals surface area contributed by atoms with Gasteiger partial charge in [0.05, 0.1) is 12.1 Å². The molecular weight excluding hydrogens is 458 g/mol. The van der Waals surface area contributed by atoms with Gasteiger partial charge in [0.15, 0.2) is 5.84 Å². The number of thioether (sulfide) groups is 1. The third-order valence-corrected chi connectivity index (χ3v) is 6.90. The standard InChI is InChI=1S/C27H25N5O2S/c1-3-9-18-10-5-8-13-23(18)34-15-14-31-17-19(20-11-6-7-12-22(20)31)16-21-25(28)32-27(29-26(21)33)35-24(4-2)30-32/h3,5-8,10-13,16-17,28H,1,4,9,14-15H2,2H3. The summed E-state index contributed by atoms with van der Waals surface area (Å²) in [5, 5.41) is 16.8. The Labute approximate surface area is 208 Å². The lowest BCUT2D eigenvalue weighted by atomic mass is 10.1. The molecule has 35 heavy (non-hydrogen) atoms. The number of hydrogen-bond acceptors (Lipinski definition) is 5. The van der Waals surface area contributed by atoms with Crippen molar-refractivity contribution in [3.05, 3.63) is 84.1 Å². The van der Waals surface area contributed by atoms with Crippen LogP contribution in [0.4, 0.5) is 0 Å². The van der Waals surface area contributed by atoms with Gasteiger partial charge in [-0.3, -0.25) is 10.2 Å². The number of nitrogens with one attached hydrogen (secondary N) is 1. The molecule has 0 fully saturated rings. The van der Waals surface area contributed by atoms with Gasteiger partial charge in [-0.2, -0.15) is 15.1 Å². The van der Waals surface area contributed by atoms with E-state index in [0.29, 0.717) is 18.3 Å². The number of amides is 1. The molecule has 7 nitrogen and oxygen atoms in total. The summed E-state index contributed by atoms with van der Waals surface area (Å²) in [6.45, 7) is 6.93. The Morgan fingerprint density at radius 3 is 2.80 bits per heavy atom. The molecule has 5 rings (SSSR count). The maximum absolute atomic E-state index is 12.8. The predicted molar refractivity (Wildman–Crippen MR) is 143 cm³/mol. The van der Waals surface area contributed by atoms with E-state index in [1.54, 1.807) is 6.08 Å². The Hall–Kier alpha value is -3.91. The molecule has 0 saturated carbocycles. The van der Waals surface area contributed by atoms with Gasteiger partial charge >= 0.3 is 0 Å². The second-order valence-electron chi connectivity index (χ2n) is 8.11. The number of aromatic nitrogens is 1. The van der Waals surface area contributed by atoms with Gasteiger partial charge < -0.3 is 9.30 Å². The number of allylic oxidation sites excluding steroid dienone is 1. The quantitative estimate of drug-likeness (QED) is 0.340. The fourth-order valence-corrected chi connectivity index (χ4v) is 4.95. The van der Waals surface area contributed by atoms with Crippen molar-refractivity contribution in [3.8, 4) is 5.75 Å². The number of carbonyl (C=O) groups excluding carboxylic acids is 1. The summed E-state index contributed by atoms with van der Waals surface area (Å²) in [5.41, 5.74) is 3.22. The van der Waals surface area contributed by atoms with Crippen LogP contribution in [0.2, 0.25) is 0 Å². The van der Waals surface area contributed by atoms with Crippen LogP contribution in [0.3, 0.4) is 0 Å². The minimum Gasteiger partial charge on any atom is -0.491 e. The van der Waals surface area contributed by atoms with Crippen molar-refractivity contribution < 1.29 is 9.53 Å². The highest BCUT2D eigenvalue weighted by molar-refractivity contribution is 8.26. The fraction of sp³-hybridized carbons (Fsp3) is 0.185. The molecule has 8 heteroatoms. The largest absolute Gasteiger partial charge is 0.491 e. The van der Waals surface area contributed by atoms with Crippen LogP contribution >= 0.6 is 11.8 Å². The summed E-state index contributed by atoms with van der Waals surface area (Å²) in [4.78, 5) is 17.0. The van der Waals surface area contributed by atoms with E-state index in [9.17, 15) is 4.79 Å². The molecule has 2 aromatic carbocycles. The second-order valence-corrected chi connectivity index (χ2v) is 9.15. The van der Waals surface area contributed by atoms with Gasteiger partial charge in [0.1, 0.15) is 17.4 Å². The molecule has 176 valence electrons. The smallest absolute Gasteiger partial charge is 0.283 e. The van der Waals surface area contributed by atoms with E-state index in [1.165, 1.54) is 16.8 Å².